The minimum Gasteiger partial charge on any atom is -0.507 e. The van der Waals surface area contributed by atoms with Crippen molar-refractivity contribution in [1.82, 2.24) is 10.4 Å². The first-order valence-electron chi connectivity index (χ1n) is 5.90. The van der Waals surface area contributed by atoms with Gasteiger partial charge < -0.3 is 5.11 Å². The van der Waals surface area contributed by atoms with Crippen molar-refractivity contribution in [2.24, 2.45) is 5.10 Å². The summed E-state index contributed by atoms with van der Waals surface area (Å²) in [5.74, 6) is -0.258. The number of phenols is 1. The highest BCUT2D eigenvalue weighted by molar-refractivity contribution is 9.10. The van der Waals surface area contributed by atoms with Crippen molar-refractivity contribution in [2.75, 3.05) is 0 Å². The van der Waals surface area contributed by atoms with Gasteiger partial charge in [0.05, 0.1) is 11.8 Å². The first kappa shape index (κ1) is 15.7. The predicted molar refractivity (Wildman–Crippen MR) is 87.5 cm³/mol. The SMILES string of the molecule is Cc1cc(Br)cc(C=NNC(=O)c2cncc(Br)c2)c1O. The van der Waals surface area contributed by atoms with E-state index in [4.69, 9.17) is 0 Å². The van der Waals surface area contributed by atoms with E-state index in [9.17, 15) is 9.90 Å². The van der Waals surface area contributed by atoms with E-state index in [0.717, 1.165) is 4.47 Å². The molecular formula is C14H11Br2N3O2. The lowest BCUT2D eigenvalue weighted by atomic mass is 10.1. The molecule has 1 heterocycles. The van der Waals surface area contributed by atoms with Gasteiger partial charge in [-0.15, -0.1) is 0 Å². The zero-order valence-corrected chi connectivity index (χ0v) is 14.1. The van der Waals surface area contributed by atoms with Crippen LogP contribution in [0.1, 0.15) is 21.5 Å². The van der Waals surface area contributed by atoms with E-state index in [1.807, 2.05) is 0 Å². The first-order valence-corrected chi connectivity index (χ1v) is 7.49. The molecule has 21 heavy (non-hydrogen) atoms. The number of benzene rings is 1. The fraction of sp³-hybridized carbons (Fsp3) is 0.0714. The molecule has 5 nitrogen and oxygen atoms in total. The number of pyridine rings is 1. The van der Waals surface area contributed by atoms with Crippen LogP contribution in [0.4, 0.5) is 0 Å². The number of nitrogens with zero attached hydrogens (tertiary/aromatic N) is 2. The number of amides is 1. The maximum Gasteiger partial charge on any atom is 0.272 e. The minimum absolute atomic E-state index is 0.125. The van der Waals surface area contributed by atoms with Gasteiger partial charge in [-0.3, -0.25) is 9.78 Å². The van der Waals surface area contributed by atoms with Crippen molar-refractivity contribution in [3.05, 3.63) is 56.2 Å². The highest BCUT2D eigenvalue weighted by Crippen LogP contribution is 2.25. The highest BCUT2D eigenvalue weighted by Gasteiger charge is 2.06. The minimum atomic E-state index is -0.383. The van der Waals surface area contributed by atoms with Crippen LogP contribution in [0, 0.1) is 6.92 Å². The van der Waals surface area contributed by atoms with Gasteiger partial charge in [0, 0.05) is 26.9 Å². The van der Waals surface area contributed by atoms with Crippen molar-refractivity contribution in [2.45, 2.75) is 6.92 Å². The van der Waals surface area contributed by atoms with Gasteiger partial charge in [-0.05, 0) is 46.6 Å². The fourth-order valence-electron chi connectivity index (χ4n) is 1.62. The normalized spacial score (nSPS) is 10.8. The molecule has 0 aliphatic heterocycles. The van der Waals surface area contributed by atoms with Crippen LogP contribution in [0.5, 0.6) is 5.75 Å². The Morgan fingerprint density at radius 1 is 1.29 bits per heavy atom. The third-order valence-corrected chi connectivity index (χ3v) is 3.52. The number of aromatic nitrogens is 1. The molecule has 7 heteroatoms. The van der Waals surface area contributed by atoms with E-state index in [1.165, 1.54) is 12.4 Å². The van der Waals surface area contributed by atoms with E-state index in [1.54, 1.807) is 31.3 Å². The molecule has 0 aliphatic rings. The van der Waals surface area contributed by atoms with Crippen molar-refractivity contribution >= 4 is 44.0 Å². The molecule has 0 aliphatic carbocycles. The number of hydrogen-bond acceptors (Lipinski definition) is 4. The summed E-state index contributed by atoms with van der Waals surface area (Å²) in [4.78, 5) is 15.8. The van der Waals surface area contributed by atoms with Gasteiger partial charge in [0.25, 0.3) is 5.91 Å². The van der Waals surface area contributed by atoms with Crippen LogP contribution in [0.25, 0.3) is 0 Å². The molecule has 108 valence electrons. The smallest absolute Gasteiger partial charge is 0.272 e. The summed E-state index contributed by atoms with van der Waals surface area (Å²) in [6.45, 7) is 1.78. The quantitative estimate of drug-likeness (QED) is 0.599. The second kappa shape index (κ2) is 6.82. The van der Waals surface area contributed by atoms with Gasteiger partial charge >= 0.3 is 0 Å². The third-order valence-electron chi connectivity index (χ3n) is 2.63. The Kier molecular flexibility index (Phi) is 5.08. The molecule has 1 amide bonds. The molecule has 0 saturated carbocycles. The lowest BCUT2D eigenvalue weighted by Gasteiger charge is -2.04. The number of aromatic hydroxyl groups is 1. The molecular weight excluding hydrogens is 402 g/mol. The van der Waals surface area contributed by atoms with Gasteiger partial charge in [0.1, 0.15) is 5.75 Å². The summed E-state index contributed by atoms with van der Waals surface area (Å²) in [6.07, 6.45) is 4.41. The molecule has 2 rings (SSSR count). The Hall–Kier alpha value is -1.73. The van der Waals surface area contributed by atoms with Gasteiger partial charge in [-0.2, -0.15) is 5.10 Å². The number of carbonyl (C=O) groups is 1. The number of halogens is 2. The lowest BCUT2D eigenvalue weighted by molar-refractivity contribution is 0.0954. The molecule has 2 N–H and O–H groups in total. The predicted octanol–water partition coefficient (Wildman–Crippen LogP) is 3.38. The van der Waals surface area contributed by atoms with Crippen molar-refractivity contribution in [3.8, 4) is 5.75 Å². The Morgan fingerprint density at radius 3 is 2.76 bits per heavy atom. The summed E-state index contributed by atoms with van der Waals surface area (Å²) in [5.41, 5.74) is 3.99. The van der Waals surface area contributed by atoms with Crippen LogP contribution < -0.4 is 5.43 Å². The third kappa shape index (κ3) is 4.12. The zero-order chi connectivity index (χ0) is 15.4. The Labute approximate surface area is 138 Å². The standard InChI is InChI=1S/C14H11Br2N3O2/c1-8-2-11(15)3-9(13(8)20)6-18-19-14(21)10-4-12(16)7-17-5-10/h2-7,20H,1H3,(H,19,21). The summed E-state index contributed by atoms with van der Waals surface area (Å²) in [7, 11) is 0. The molecule has 0 saturated heterocycles. The molecule has 0 atom stereocenters. The number of aryl methyl sites for hydroxylation is 1. The molecule has 0 fully saturated rings. The van der Waals surface area contributed by atoms with Crippen molar-refractivity contribution in [1.29, 1.82) is 0 Å². The zero-order valence-electron chi connectivity index (χ0n) is 11.0. The van der Waals surface area contributed by atoms with E-state index >= 15 is 0 Å². The number of hydrazone groups is 1. The average Bonchev–Trinajstić information content (AvgIpc) is 2.43. The van der Waals surface area contributed by atoms with Crippen LogP contribution in [-0.2, 0) is 0 Å². The van der Waals surface area contributed by atoms with E-state index < -0.39 is 0 Å². The largest absolute Gasteiger partial charge is 0.507 e. The highest BCUT2D eigenvalue weighted by atomic mass is 79.9. The fourth-order valence-corrected chi connectivity index (χ4v) is 2.58. The summed E-state index contributed by atoms with van der Waals surface area (Å²) in [5, 5.41) is 13.7. The number of hydrogen-bond donors (Lipinski definition) is 2. The number of carbonyl (C=O) groups excluding carboxylic acids is 1. The molecule has 0 unspecified atom stereocenters. The van der Waals surface area contributed by atoms with Gasteiger partial charge in [0.2, 0.25) is 0 Å². The van der Waals surface area contributed by atoms with Gasteiger partial charge in [-0.25, -0.2) is 5.43 Å². The molecule has 1 aromatic carbocycles. The van der Waals surface area contributed by atoms with Crippen LogP contribution in [-0.4, -0.2) is 22.2 Å². The number of rotatable bonds is 3. The Morgan fingerprint density at radius 2 is 2.05 bits per heavy atom. The average molecular weight is 413 g/mol. The first-order chi connectivity index (χ1) is 9.97. The van der Waals surface area contributed by atoms with E-state index in [-0.39, 0.29) is 11.7 Å². The maximum absolute atomic E-state index is 11.8. The van der Waals surface area contributed by atoms with Crippen LogP contribution >= 0.6 is 31.9 Å². The van der Waals surface area contributed by atoms with Crippen LogP contribution in [0.15, 0.2) is 44.6 Å². The van der Waals surface area contributed by atoms with E-state index in [0.29, 0.717) is 21.2 Å². The topological polar surface area (TPSA) is 74.6 Å². The summed E-state index contributed by atoms with van der Waals surface area (Å²) >= 11 is 6.58. The van der Waals surface area contributed by atoms with Gasteiger partial charge in [0.15, 0.2) is 0 Å². The maximum atomic E-state index is 11.8. The monoisotopic (exact) mass is 411 g/mol. The second-order valence-electron chi connectivity index (χ2n) is 4.25. The lowest BCUT2D eigenvalue weighted by Crippen LogP contribution is -2.17. The van der Waals surface area contributed by atoms with Crippen molar-refractivity contribution < 1.29 is 9.90 Å². The summed E-state index contributed by atoms with van der Waals surface area (Å²) in [6, 6.07) is 5.13. The number of phenolic OH excluding ortho intramolecular Hbond substituents is 1. The summed E-state index contributed by atoms with van der Waals surface area (Å²) < 4.78 is 1.53. The molecule has 0 spiro atoms. The van der Waals surface area contributed by atoms with Crippen LogP contribution in [0.2, 0.25) is 0 Å². The van der Waals surface area contributed by atoms with Gasteiger partial charge in [-0.1, -0.05) is 15.9 Å². The Balaban J connectivity index is 2.11. The molecule has 2 aromatic rings. The van der Waals surface area contributed by atoms with Crippen molar-refractivity contribution in [3.63, 3.8) is 0 Å². The second-order valence-corrected chi connectivity index (χ2v) is 6.08. The number of nitrogens with one attached hydrogen (secondary N) is 1. The Bertz CT molecular complexity index is 717. The molecule has 0 bridgehead atoms. The van der Waals surface area contributed by atoms with Crippen LogP contribution in [0.3, 0.4) is 0 Å². The van der Waals surface area contributed by atoms with E-state index in [2.05, 4.69) is 47.4 Å². The molecule has 1 aromatic heterocycles. The molecule has 0 radical (unpaired) electrons.